The van der Waals surface area contributed by atoms with Crippen LogP contribution in [0.4, 0.5) is 10.5 Å². The first-order valence-electron chi connectivity index (χ1n) is 6.78. The third-order valence-electron chi connectivity index (χ3n) is 3.61. The number of hydrogen-bond acceptors (Lipinski definition) is 3. The standard InChI is InChI=1S/C13H22N4O3/c1-4-13(5-2,11(18)19)9-14-12(20)16-10-7-15-17(6-3)8-10/h7-8H,4-6,9H2,1-3H3,(H,18,19)(H2,14,16,20). The lowest BCUT2D eigenvalue weighted by molar-refractivity contribution is -0.149. The van der Waals surface area contributed by atoms with Crippen LogP contribution < -0.4 is 10.6 Å². The third kappa shape index (κ3) is 3.72. The van der Waals surface area contributed by atoms with Crippen LogP contribution in [0.3, 0.4) is 0 Å². The van der Waals surface area contributed by atoms with Crippen LogP contribution in [0.2, 0.25) is 0 Å². The molecule has 2 amide bonds. The van der Waals surface area contributed by atoms with Crippen LogP contribution in [0.1, 0.15) is 33.6 Å². The Morgan fingerprint density at radius 1 is 1.35 bits per heavy atom. The minimum Gasteiger partial charge on any atom is -0.481 e. The van der Waals surface area contributed by atoms with Gasteiger partial charge in [-0.1, -0.05) is 13.8 Å². The molecule has 0 fully saturated rings. The van der Waals surface area contributed by atoms with E-state index in [2.05, 4.69) is 15.7 Å². The second-order valence-electron chi connectivity index (χ2n) is 4.68. The quantitative estimate of drug-likeness (QED) is 0.711. The first kappa shape index (κ1) is 16.0. The molecular weight excluding hydrogens is 260 g/mol. The number of amides is 2. The van der Waals surface area contributed by atoms with Gasteiger partial charge in [-0.3, -0.25) is 9.48 Å². The highest BCUT2D eigenvalue weighted by Gasteiger charge is 2.35. The number of hydrogen-bond donors (Lipinski definition) is 3. The number of carbonyl (C=O) groups is 2. The zero-order valence-electron chi connectivity index (χ0n) is 12.1. The van der Waals surface area contributed by atoms with Gasteiger partial charge in [0.05, 0.1) is 17.3 Å². The van der Waals surface area contributed by atoms with E-state index in [1.54, 1.807) is 17.1 Å². The lowest BCUT2D eigenvalue weighted by atomic mass is 9.82. The van der Waals surface area contributed by atoms with Gasteiger partial charge in [-0.2, -0.15) is 5.10 Å². The number of urea groups is 1. The van der Waals surface area contributed by atoms with Crippen LogP contribution >= 0.6 is 0 Å². The third-order valence-corrected chi connectivity index (χ3v) is 3.61. The van der Waals surface area contributed by atoms with Crippen molar-refractivity contribution in [1.29, 1.82) is 0 Å². The molecule has 0 atom stereocenters. The molecule has 0 radical (unpaired) electrons. The number of aromatic nitrogens is 2. The maximum Gasteiger partial charge on any atom is 0.319 e. The van der Waals surface area contributed by atoms with Crippen molar-refractivity contribution >= 4 is 17.7 Å². The monoisotopic (exact) mass is 282 g/mol. The number of aryl methyl sites for hydroxylation is 1. The number of carbonyl (C=O) groups excluding carboxylic acids is 1. The van der Waals surface area contributed by atoms with E-state index >= 15 is 0 Å². The summed E-state index contributed by atoms with van der Waals surface area (Å²) in [5.74, 6) is -0.887. The van der Waals surface area contributed by atoms with Gasteiger partial charge in [-0.15, -0.1) is 0 Å². The maximum absolute atomic E-state index is 11.8. The Hall–Kier alpha value is -2.05. The summed E-state index contributed by atoms with van der Waals surface area (Å²) < 4.78 is 1.69. The molecular formula is C13H22N4O3. The SMILES string of the molecule is CCn1cc(NC(=O)NCC(CC)(CC)C(=O)O)cn1. The van der Waals surface area contributed by atoms with E-state index < -0.39 is 17.4 Å². The first-order chi connectivity index (χ1) is 9.47. The number of nitrogens with one attached hydrogen (secondary N) is 2. The van der Waals surface area contributed by atoms with Crippen LogP contribution in [0.25, 0.3) is 0 Å². The topological polar surface area (TPSA) is 96.2 Å². The van der Waals surface area contributed by atoms with Crippen molar-refractivity contribution in [1.82, 2.24) is 15.1 Å². The molecule has 0 saturated heterocycles. The second kappa shape index (κ2) is 6.93. The molecule has 1 aromatic rings. The summed E-state index contributed by atoms with van der Waals surface area (Å²) in [6, 6.07) is -0.423. The van der Waals surface area contributed by atoms with Gasteiger partial charge in [0, 0.05) is 19.3 Å². The molecule has 7 heteroatoms. The summed E-state index contributed by atoms with van der Waals surface area (Å²) in [5.41, 5.74) is -0.330. The van der Waals surface area contributed by atoms with E-state index in [4.69, 9.17) is 0 Å². The highest BCUT2D eigenvalue weighted by molar-refractivity contribution is 5.89. The predicted molar refractivity (Wildman–Crippen MR) is 75.6 cm³/mol. The van der Waals surface area contributed by atoms with Crippen molar-refractivity contribution < 1.29 is 14.7 Å². The van der Waals surface area contributed by atoms with Gasteiger partial charge in [0.25, 0.3) is 0 Å². The average molecular weight is 282 g/mol. The lowest BCUT2D eigenvalue weighted by Crippen LogP contribution is -2.43. The molecule has 0 aliphatic rings. The molecule has 20 heavy (non-hydrogen) atoms. The first-order valence-corrected chi connectivity index (χ1v) is 6.78. The summed E-state index contributed by atoms with van der Waals surface area (Å²) in [6.45, 7) is 6.38. The fourth-order valence-corrected chi connectivity index (χ4v) is 1.90. The molecule has 1 rings (SSSR count). The average Bonchev–Trinajstić information content (AvgIpc) is 2.87. The van der Waals surface area contributed by atoms with Crippen molar-refractivity contribution in [2.75, 3.05) is 11.9 Å². The maximum atomic E-state index is 11.8. The number of nitrogens with zero attached hydrogens (tertiary/aromatic N) is 2. The van der Waals surface area contributed by atoms with Gasteiger partial charge in [0.15, 0.2) is 0 Å². The number of anilines is 1. The van der Waals surface area contributed by atoms with Crippen molar-refractivity contribution in [2.45, 2.75) is 40.2 Å². The molecule has 1 aromatic heterocycles. The van der Waals surface area contributed by atoms with Gasteiger partial charge in [-0.25, -0.2) is 4.79 Å². The highest BCUT2D eigenvalue weighted by atomic mass is 16.4. The predicted octanol–water partition coefficient (Wildman–Crippen LogP) is 1.92. The van der Waals surface area contributed by atoms with Gasteiger partial charge in [-0.05, 0) is 19.8 Å². The van der Waals surface area contributed by atoms with E-state index in [1.807, 2.05) is 20.8 Å². The molecule has 112 valence electrons. The van der Waals surface area contributed by atoms with Crippen molar-refractivity contribution in [3.05, 3.63) is 12.4 Å². The molecule has 0 saturated carbocycles. The fourth-order valence-electron chi connectivity index (χ4n) is 1.90. The van der Waals surface area contributed by atoms with Crippen LogP contribution in [-0.2, 0) is 11.3 Å². The molecule has 1 heterocycles. The molecule has 0 aliphatic carbocycles. The van der Waals surface area contributed by atoms with Gasteiger partial charge < -0.3 is 15.7 Å². The van der Waals surface area contributed by atoms with Crippen LogP contribution in [0, 0.1) is 5.41 Å². The molecule has 0 aliphatic heterocycles. The summed E-state index contributed by atoms with van der Waals surface area (Å²) >= 11 is 0. The largest absolute Gasteiger partial charge is 0.481 e. The number of carboxylic acids is 1. The molecule has 0 unspecified atom stereocenters. The van der Waals surface area contributed by atoms with E-state index in [0.29, 0.717) is 18.5 Å². The Balaban J connectivity index is 2.56. The van der Waals surface area contributed by atoms with Gasteiger partial charge >= 0.3 is 12.0 Å². The van der Waals surface area contributed by atoms with E-state index in [0.717, 1.165) is 6.54 Å². The Bertz CT molecular complexity index is 466. The van der Waals surface area contributed by atoms with Crippen molar-refractivity contribution in [3.63, 3.8) is 0 Å². The van der Waals surface area contributed by atoms with Crippen LogP contribution in [0.5, 0.6) is 0 Å². The Morgan fingerprint density at radius 2 is 2.00 bits per heavy atom. The molecule has 0 bridgehead atoms. The Labute approximate surface area is 118 Å². The number of carboxylic acid groups (broad SMARTS) is 1. The second-order valence-corrected chi connectivity index (χ2v) is 4.68. The number of aliphatic carboxylic acids is 1. The molecule has 0 spiro atoms. The smallest absolute Gasteiger partial charge is 0.319 e. The fraction of sp³-hybridized carbons (Fsp3) is 0.615. The molecule has 7 nitrogen and oxygen atoms in total. The Morgan fingerprint density at radius 3 is 2.45 bits per heavy atom. The van der Waals surface area contributed by atoms with E-state index in [9.17, 15) is 14.7 Å². The zero-order chi connectivity index (χ0) is 15.2. The highest BCUT2D eigenvalue weighted by Crippen LogP contribution is 2.25. The van der Waals surface area contributed by atoms with Crippen molar-refractivity contribution in [2.24, 2.45) is 5.41 Å². The van der Waals surface area contributed by atoms with E-state index in [1.165, 1.54) is 0 Å². The summed E-state index contributed by atoms with van der Waals surface area (Å²) in [6.07, 6.45) is 4.19. The number of rotatable bonds is 7. The summed E-state index contributed by atoms with van der Waals surface area (Å²) in [5, 5.41) is 18.6. The minimum atomic E-state index is -0.912. The van der Waals surface area contributed by atoms with Crippen molar-refractivity contribution in [3.8, 4) is 0 Å². The molecule has 3 N–H and O–H groups in total. The Kier molecular flexibility index (Phi) is 5.54. The normalized spacial score (nSPS) is 11.2. The van der Waals surface area contributed by atoms with Gasteiger partial charge in [0.2, 0.25) is 0 Å². The minimum absolute atomic E-state index is 0.100. The van der Waals surface area contributed by atoms with Crippen LogP contribution in [0.15, 0.2) is 12.4 Å². The summed E-state index contributed by atoms with van der Waals surface area (Å²) in [4.78, 5) is 23.1. The van der Waals surface area contributed by atoms with E-state index in [-0.39, 0.29) is 6.54 Å². The van der Waals surface area contributed by atoms with Gasteiger partial charge in [0.1, 0.15) is 0 Å². The van der Waals surface area contributed by atoms with Crippen LogP contribution in [-0.4, -0.2) is 33.4 Å². The summed E-state index contributed by atoms with van der Waals surface area (Å²) in [7, 11) is 0. The zero-order valence-corrected chi connectivity index (χ0v) is 12.1. The lowest BCUT2D eigenvalue weighted by Gasteiger charge is -2.26. The molecule has 0 aromatic carbocycles.